The average molecular weight is 732 g/mol. The summed E-state index contributed by atoms with van der Waals surface area (Å²) < 4.78 is 11.9. The van der Waals surface area contributed by atoms with Gasteiger partial charge >= 0.3 is 0 Å². The predicted molar refractivity (Wildman–Crippen MR) is 202 cm³/mol. The molecule has 0 aliphatic carbocycles. The summed E-state index contributed by atoms with van der Waals surface area (Å²) in [6, 6.07) is 2.14. The van der Waals surface area contributed by atoms with Gasteiger partial charge in [0, 0.05) is 32.7 Å². The smallest absolute Gasteiger partial charge is 0.242 e. The number of ether oxygens (including phenoxy) is 2. The minimum absolute atomic E-state index is 0.0244. The van der Waals surface area contributed by atoms with Gasteiger partial charge in [-0.15, -0.1) is 11.3 Å². The first-order chi connectivity index (χ1) is 24.3. The van der Waals surface area contributed by atoms with Gasteiger partial charge in [-0.25, -0.2) is 0 Å². The van der Waals surface area contributed by atoms with E-state index in [0.717, 1.165) is 23.3 Å². The highest BCUT2D eigenvalue weighted by atomic mass is 32.1. The number of nitrogens with zero attached hydrogens (tertiary/aromatic N) is 3. The van der Waals surface area contributed by atoms with E-state index in [1.54, 1.807) is 66.4 Å². The largest absolute Gasteiger partial charge is 0.394 e. The Balaban J connectivity index is 2.21. The number of hydrogen-bond acceptors (Lipinski definition) is 9. The van der Waals surface area contributed by atoms with Crippen LogP contribution in [-0.2, 0) is 28.7 Å². The van der Waals surface area contributed by atoms with Gasteiger partial charge in [0.05, 0.1) is 55.8 Å². The Hall–Kier alpha value is -3.36. The van der Waals surface area contributed by atoms with E-state index in [0.29, 0.717) is 19.4 Å². The van der Waals surface area contributed by atoms with Crippen molar-refractivity contribution in [3.8, 4) is 0 Å². The molecule has 1 aromatic rings. The lowest BCUT2D eigenvalue weighted by molar-refractivity contribution is -0.146. The fourth-order valence-electron chi connectivity index (χ4n) is 6.83. The summed E-state index contributed by atoms with van der Waals surface area (Å²) in [5, 5.41) is 17.4. The van der Waals surface area contributed by atoms with Crippen molar-refractivity contribution >= 4 is 35.0 Å². The van der Waals surface area contributed by atoms with Gasteiger partial charge in [0.15, 0.2) is 0 Å². The molecule has 0 aromatic carbocycles. The molecule has 2 rings (SSSR count). The second-order valence-electron chi connectivity index (χ2n) is 13.5. The summed E-state index contributed by atoms with van der Waals surface area (Å²) in [6.45, 7) is 13.4. The molecule has 0 bridgehead atoms. The first kappa shape index (κ1) is 43.8. The number of thiophene rings is 1. The monoisotopic (exact) mass is 731 g/mol. The molecule has 1 aliphatic heterocycles. The van der Waals surface area contributed by atoms with Crippen molar-refractivity contribution in [1.29, 1.82) is 0 Å². The summed E-state index contributed by atoms with van der Waals surface area (Å²) in [6.07, 6.45) is 6.94. The lowest BCUT2D eigenvalue weighted by Gasteiger charge is -2.39. The van der Waals surface area contributed by atoms with Crippen LogP contribution >= 0.6 is 11.3 Å². The number of rotatable bonds is 22. The van der Waals surface area contributed by atoms with Gasteiger partial charge in [0.1, 0.15) is 6.04 Å². The Kier molecular flexibility index (Phi) is 18.8. The van der Waals surface area contributed by atoms with Gasteiger partial charge in [-0.05, 0) is 56.3 Å². The Labute approximate surface area is 308 Å². The number of nitrogens with one attached hydrogen (secondary N) is 2. The number of aliphatic hydroxyl groups excluding tert-OH is 1. The molecular weight excluding hydrogens is 671 g/mol. The van der Waals surface area contributed by atoms with Crippen LogP contribution in [0, 0.1) is 11.8 Å². The molecule has 8 unspecified atom stereocenters. The maximum atomic E-state index is 14.1. The van der Waals surface area contributed by atoms with E-state index in [2.05, 4.69) is 23.8 Å². The number of methoxy groups -OCH3 is 2. The van der Waals surface area contributed by atoms with Crippen LogP contribution in [0.3, 0.4) is 0 Å². The molecular formula is C38H61N5O7S. The van der Waals surface area contributed by atoms with Gasteiger partial charge in [-0.1, -0.05) is 64.6 Å². The molecule has 1 aromatic heterocycles. The quantitative estimate of drug-likeness (QED) is 0.154. The van der Waals surface area contributed by atoms with Crippen molar-refractivity contribution in [1.82, 2.24) is 25.3 Å². The summed E-state index contributed by atoms with van der Waals surface area (Å²) in [4.78, 5) is 59.7. The predicted octanol–water partition coefficient (Wildman–Crippen LogP) is 3.55. The molecule has 8 atom stereocenters. The van der Waals surface area contributed by atoms with Gasteiger partial charge < -0.3 is 35.0 Å². The third-order valence-corrected chi connectivity index (χ3v) is 11.0. The molecule has 1 saturated heterocycles. The Morgan fingerprint density at radius 2 is 1.82 bits per heavy atom. The highest BCUT2D eigenvalue weighted by molar-refractivity contribution is 7.10. The first-order valence-electron chi connectivity index (χ1n) is 17.7. The van der Waals surface area contributed by atoms with E-state index in [9.17, 15) is 24.3 Å². The maximum Gasteiger partial charge on any atom is 0.242 e. The molecule has 1 aliphatic rings. The number of aliphatic hydroxyl groups is 1. The number of likely N-dealkylation sites (tertiary alicyclic amines) is 1. The zero-order valence-corrected chi connectivity index (χ0v) is 32.6. The van der Waals surface area contributed by atoms with Crippen LogP contribution in [0.2, 0.25) is 0 Å². The molecule has 1 fully saturated rings. The zero-order valence-electron chi connectivity index (χ0n) is 31.8. The number of carbonyl (C=O) groups is 4. The van der Waals surface area contributed by atoms with Crippen molar-refractivity contribution in [3.63, 3.8) is 0 Å². The highest BCUT2D eigenvalue weighted by Crippen LogP contribution is 2.31. The standard InChI is InChI=1S/C38H61N5O7S/c1-11-16-27(13-3)21-28(32-18-15-20-51-32)40-37(47)26(5)36(50-10)29-17-14-19-43(29)33(45)22-31(49-9)35(25(4)12-2)42(8)34(46)23-39-38(48)30(24-44)41(6)7/h11,13,15-16,18,20,25-26,28-31,35-36,44H,1,3,12,14,17,19,21-24H2,2,4-10H3,(H,39,48)(H,40,47)/b27-16+. The van der Waals surface area contributed by atoms with E-state index in [1.165, 1.54) is 7.11 Å². The van der Waals surface area contributed by atoms with Gasteiger partial charge in [-0.3, -0.25) is 24.1 Å². The SMILES string of the molecule is C=C/C=C(\C=C)CC(NC(=O)C(C)C(OC)C1CCCN1C(=O)CC(OC)C(C(C)CC)N(C)C(=O)CNC(=O)C(CO)N(C)C)c1cccs1. The molecule has 0 spiro atoms. The molecule has 286 valence electrons. The van der Waals surface area contributed by atoms with Crippen molar-refractivity contribution in [3.05, 3.63) is 59.3 Å². The van der Waals surface area contributed by atoms with Gasteiger partial charge in [0.2, 0.25) is 23.6 Å². The topological polar surface area (TPSA) is 141 Å². The minimum atomic E-state index is -0.775. The van der Waals surface area contributed by atoms with Crippen molar-refractivity contribution in [2.75, 3.05) is 55.1 Å². The minimum Gasteiger partial charge on any atom is -0.394 e. The molecule has 51 heavy (non-hydrogen) atoms. The van der Waals surface area contributed by atoms with Gasteiger partial charge in [-0.2, -0.15) is 0 Å². The first-order valence-corrected chi connectivity index (χ1v) is 18.6. The summed E-state index contributed by atoms with van der Waals surface area (Å²) >= 11 is 1.57. The van der Waals surface area contributed by atoms with Crippen molar-refractivity contribution in [2.24, 2.45) is 11.8 Å². The average Bonchev–Trinajstić information content (AvgIpc) is 3.83. The second kappa shape index (κ2) is 21.9. The number of hydrogen-bond donors (Lipinski definition) is 3. The summed E-state index contributed by atoms with van der Waals surface area (Å²) in [5.41, 5.74) is 0.951. The summed E-state index contributed by atoms with van der Waals surface area (Å²) in [5.74, 6) is -1.68. The number of amides is 4. The van der Waals surface area contributed by atoms with E-state index in [4.69, 9.17) is 9.47 Å². The molecule has 13 heteroatoms. The summed E-state index contributed by atoms with van der Waals surface area (Å²) in [7, 11) is 8.12. The fraction of sp³-hybridized carbons (Fsp3) is 0.632. The van der Waals surface area contributed by atoms with Crippen LogP contribution in [0.15, 0.2) is 54.5 Å². The third-order valence-electron chi connectivity index (χ3n) is 10.1. The second-order valence-corrected chi connectivity index (χ2v) is 14.5. The van der Waals surface area contributed by atoms with Crippen LogP contribution in [-0.4, -0.2) is 129 Å². The maximum absolute atomic E-state index is 14.1. The van der Waals surface area contributed by atoms with Crippen LogP contribution in [0.4, 0.5) is 0 Å². The Morgan fingerprint density at radius 1 is 1.12 bits per heavy atom. The lowest BCUT2D eigenvalue weighted by Crippen LogP contribution is -2.55. The Bertz CT molecular complexity index is 1320. The third kappa shape index (κ3) is 12.1. The number of allylic oxidation sites excluding steroid dienone is 3. The normalized spacial score (nSPS) is 19.0. The van der Waals surface area contributed by atoms with E-state index in [1.807, 2.05) is 44.4 Å². The number of carbonyl (C=O) groups excluding carboxylic acids is 4. The number of likely N-dealkylation sites (N-methyl/N-ethyl adjacent to an activating group) is 2. The van der Waals surface area contributed by atoms with Crippen LogP contribution < -0.4 is 10.6 Å². The van der Waals surface area contributed by atoms with Gasteiger partial charge in [0.25, 0.3) is 0 Å². The van der Waals surface area contributed by atoms with E-state index >= 15 is 0 Å². The molecule has 0 saturated carbocycles. The lowest BCUT2D eigenvalue weighted by atomic mass is 9.90. The Morgan fingerprint density at radius 3 is 2.35 bits per heavy atom. The fourth-order valence-corrected chi connectivity index (χ4v) is 7.61. The van der Waals surface area contributed by atoms with Crippen molar-refractivity contribution in [2.45, 2.75) is 89.3 Å². The molecule has 3 N–H and O–H groups in total. The van der Waals surface area contributed by atoms with E-state index < -0.39 is 36.1 Å². The zero-order chi connectivity index (χ0) is 38.2. The highest BCUT2D eigenvalue weighted by Gasteiger charge is 2.42. The molecule has 2 heterocycles. The molecule has 0 radical (unpaired) electrons. The van der Waals surface area contributed by atoms with Crippen LogP contribution in [0.1, 0.15) is 63.8 Å². The van der Waals surface area contributed by atoms with Crippen molar-refractivity contribution < 1.29 is 33.8 Å². The molecule has 4 amide bonds. The van der Waals surface area contributed by atoms with Crippen LogP contribution in [0.25, 0.3) is 0 Å². The molecule has 12 nitrogen and oxygen atoms in total. The van der Waals surface area contributed by atoms with E-state index in [-0.39, 0.29) is 55.3 Å². The van der Waals surface area contributed by atoms with Crippen LogP contribution in [0.5, 0.6) is 0 Å².